The Morgan fingerprint density at radius 2 is 2.14 bits per heavy atom. The van der Waals surface area contributed by atoms with Crippen molar-refractivity contribution in [3.05, 3.63) is 5.51 Å². The number of aromatic nitrogens is 2. The minimum atomic E-state index is -0.140. The molecule has 1 aromatic heterocycles. The SMILES string of the molecule is CCOC(CSc1nncs1)OCC. The van der Waals surface area contributed by atoms with E-state index in [1.54, 1.807) is 17.3 Å². The number of thioether (sulfide) groups is 1. The monoisotopic (exact) mass is 234 g/mol. The van der Waals surface area contributed by atoms with E-state index in [2.05, 4.69) is 10.2 Å². The van der Waals surface area contributed by atoms with Gasteiger partial charge in [-0.3, -0.25) is 0 Å². The fourth-order valence-electron chi connectivity index (χ4n) is 0.881. The first kappa shape index (κ1) is 11.9. The third-order valence-electron chi connectivity index (χ3n) is 1.39. The maximum Gasteiger partial charge on any atom is 0.174 e. The zero-order chi connectivity index (χ0) is 10.2. The van der Waals surface area contributed by atoms with E-state index in [1.807, 2.05) is 13.8 Å². The smallest absolute Gasteiger partial charge is 0.174 e. The molecule has 0 aliphatic rings. The molecule has 0 N–H and O–H groups in total. The van der Waals surface area contributed by atoms with Crippen LogP contribution in [0.2, 0.25) is 0 Å². The molecule has 1 heterocycles. The average molecular weight is 234 g/mol. The van der Waals surface area contributed by atoms with Gasteiger partial charge in [-0.05, 0) is 13.8 Å². The zero-order valence-electron chi connectivity index (χ0n) is 8.30. The van der Waals surface area contributed by atoms with Gasteiger partial charge in [0.2, 0.25) is 0 Å². The molecule has 0 aliphatic heterocycles. The van der Waals surface area contributed by atoms with Crippen LogP contribution in [0.1, 0.15) is 13.8 Å². The van der Waals surface area contributed by atoms with Gasteiger partial charge < -0.3 is 9.47 Å². The second-order valence-corrected chi connectivity index (χ2v) is 4.46. The van der Waals surface area contributed by atoms with E-state index in [0.29, 0.717) is 13.2 Å². The summed E-state index contributed by atoms with van der Waals surface area (Å²) in [7, 11) is 0. The standard InChI is InChI=1S/C8H14N2O2S2/c1-3-11-7(12-4-2)5-13-8-10-9-6-14-8/h6-7H,3-5H2,1-2H3. The Bertz CT molecular complexity index is 225. The van der Waals surface area contributed by atoms with Crippen LogP contribution in [-0.4, -0.2) is 35.5 Å². The van der Waals surface area contributed by atoms with Crippen LogP contribution >= 0.6 is 23.1 Å². The molecule has 6 heteroatoms. The molecule has 80 valence electrons. The highest BCUT2D eigenvalue weighted by Crippen LogP contribution is 2.20. The summed E-state index contributed by atoms with van der Waals surface area (Å²) in [5.74, 6) is 0.761. The fourth-order valence-corrected chi connectivity index (χ4v) is 2.34. The van der Waals surface area contributed by atoms with Gasteiger partial charge in [0.15, 0.2) is 10.6 Å². The summed E-state index contributed by atoms with van der Waals surface area (Å²) in [5, 5.41) is 7.69. The normalized spacial score (nSPS) is 11.1. The summed E-state index contributed by atoms with van der Waals surface area (Å²) in [6, 6.07) is 0. The van der Waals surface area contributed by atoms with Crippen molar-refractivity contribution < 1.29 is 9.47 Å². The van der Waals surface area contributed by atoms with Gasteiger partial charge in [0.05, 0.1) is 5.75 Å². The molecule has 4 nitrogen and oxygen atoms in total. The van der Waals surface area contributed by atoms with Crippen LogP contribution in [0.15, 0.2) is 9.85 Å². The first-order chi connectivity index (χ1) is 6.86. The molecule has 14 heavy (non-hydrogen) atoms. The number of nitrogens with zero attached hydrogens (tertiary/aromatic N) is 2. The third kappa shape index (κ3) is 4.36. The Kier molecular flexibility index (Phi) is 6.09. The minimum absolute atomic E-state index is 0.140. The van der Waals surface area contributed by atoms with Gasteiger partial charge in [0, 0.05) is 13.2 Å². The second-order valence-electron chi connectivity index (χ2n) is 2.36. The van der Waals surface area contributed by atoms with Gasteiger partial charge in [0.1, 0.15) is 5.51 Å². The lowest BCUT2D eigenvalue weighted by atomic mass is 10.7. The molecule has 0 saturated carbocycles. The average Bonchev–Trinajstić information content (AvgIpc) is 2.67. The predicted octanol–water partition coefficient (Wildman–Crippen LogP) is 2.03. The summed E-state index contributed by atoms with van der Waals surface area (Å²) in [6.45, 7) is 5.26. The van der Waals surface area contributed by atoms with Gasteiger partial charge in [-0.2, -0.15) is 0 Å². The van der Waals surface area contributed by atoms with Crippen LogP contribution in [-0.2, 0) is 9.47 Å². The van der Waals surface area contributed by atoms with Crippen molar-refractivity contribution in [3.63, 3.8) is 0 Å². The molecule has 0 saturated heterocycles. The van der Waals surface area contributed by atoms with Crippen molar-refractivity contribution in [1.29, 1.82) is 0 Å². The molecular weight excluding hydrogens is 220 g/mol. The largest absolute Gasteiger partial charge is 0.352 e. The lowest BCUT2D eigenvalue weighted by Gasteiger charge is -2.15. The summed E-state index contributed by atoms with van der Waals surface area (Å²) in [4.78, 5) is 0. The molecule has 0 fully saturated rings. The molecule has 0 aromatic carbocycles. The summed E-state index contributed by atoms with van der Waals surface area (Å²) >= 11 is 3.14. The van der Waals surface area contributed by atoms with E-state index in [-0.39, 0.29) is 6.29 Å². The van der Waals surface area contributed by atoms with Crippen LogP contribution in [0, 0.1) is 0 Å². The summed E-state index contributed by atoms with van der Waals surface area (Å²) in [5.41, 5.74) is 1.72. The number of ether oxygens (including phenoxy) is 2. The van der Waals surface area contributed by atoms with Crippen LogP contribution in [0.25, 0.3) is 0 Å². The zero-order valence-corrected chi connectivity index (χ0v) is 9.94. The minimum Gasteiger partial charge on any atom is -0.352 e. The summed E-state index contributed by atoms with van der Waals surface area (Å²) < 4.78 is 11.7. The Hall–Kier alpha value is -0.170. The maximum absolute atomic E-state index is 5.39. The van der Waals surface area contributed by atoms with Crippen molar-refractivity contribution in [2.45, 2.75) is 24.5 Å². The molecule has 0 radical (unpaired) electrons. The van der Waals surface area contributed by atoms with E-state index in [4.69, 9.17) is 9.47 Å². The van der Waals surface area contributed by atoms with Gasteiger partial charge in [-0.15, -0.1) is 10.2 Å². The first-order valence-corrected chi connectivity index (χ1v) is 6.35. The van der Waals surface area contributed by atoms with Crippen LogP contribution < -0.4 is 0 Å². The number of hydrogen-bond donors (Lipinski definition) is 0. The number of hydrogen-bond acceptors (Lipinski definition) is 6. The predicted molar refractivity (Wildman–Crippen MR) is 57.7 cm³/mol. The lowest BCUT2D eigenvalue weighted by molar-refractivity contribution is -0.120. The highest BCUT2D eigenvalue weighted by atomic mass is 32.2. The van der Waals surface area contributed by atoms with E-state index in [0.717, 1.165) is 10.1 Å². The van der Waals surface area contributed by atoms with Gasteiger partial charge in [0.25, 0.3) is 0 Å². The quantitative estimate of drug-likeness (QED) is 0.533. The van der Waals surface area contributed by atoms with Crippen molar-refractivity contribution in [2.75, 3.05) is 19.0 Å². The fraction of sp³-hybridized carbons (Fsp3) is 0.750. The Morgan fingerprint density at radius 1 is 1.43 bits per heavy atom. The third-order valence-corrected chi connectivity index (χ3v) is 3.28. The highest BCUT2D eigenvalue weighted by molar-refractivity contribution is 8.01. The molecule has 1 aromatic rings. The molecule has 0 spiro atoms. The van der Waals surface area contributed by atoms with Gasteiger partial charge >= 0.3 is 0 Å². The van der Waals surface area contributed by atoms with Crippen molar-refractivity contribution in [1.82, 2.24) is 10.2 Å². The molecule has 0 aliphatic carbocycles. The molecule has 0 amide bonds. The number of rotatable bonds is 7. The molecule has 0 atom stereocenters. The van der Waals surface area contributed by atoms with Gasteiger partial charge in [-0.25, -0.2) is 0 Å². The Morgan fingerprint density at radius 3 is 2.64 bits per heavy atom. The Balaban J connectivity index is 2.25. The first-order valence-electron chi connectivity index (χ1n) is 4.49. The topological polar surface area (TPSA) is 44.2 Å². The van der Waals surface area contributed by atoms with Gasteiger partial charge in [-0.1, -0.05) is 23.1 Å². The molecule has 0 bridgehead atoms. The van der Waals surface area contributed by atoms with Crippen LogP contribution in [0.3, 0.4) is 0 Å². The summed E-state index contributed by atoms with van der Waals surface area (Å²) in [6.07, 6.45) is -0.140. The maximum atomic E-state index is 5.39. The van der Waals surface area contributed by atoms with E-state index < -0.39 is 0 Å². The van der Waals surface area contributed by atoms with Crippen LogP contribution in [0.5, 0.6) is 0 Å². The van der Waals surface area contributed by atoms with E-state index in [9.17, 15) is 0 Å². The lowest BCUT2D eigenvalue weighted by Crippen LogP contribution is -2.19. The molecule has 1 rings (SSSR count). The van der Waals surface area contributed by atoms with Crippen molar-refractivity contribution in [2.24, 2.45) is 0 Å². The Labute approximate surface area is 92.0 Å². The van der Waals surface area contributed by atoms with Crippen molar-refractivity contribution >= 4 is 23.1 Å². The van der Waals surface area contributed by atoms with Crippen LogP contribution in [0.4, 0.5) is 0 Å². The molecular formula is C8H14N2O2S2. The van der Waals surface area contributed by atoms with E-state index >= 15 is 0 Å². The van der Waals surface area contributed by atoms with Crippen molar-refractivity contribution in [3.8, 4) is 0 Å². The van der Waals surface area contributed by atoms with E-state index in [1.165, 1.54) is 11.3 Å². The highest BCUT2D eigenvalue weighted by Gasteiger charge is 2.09. The molecule has 0 unspecified atom stereocenters. The second kappa shape index (κ2) is 7.17.